The number of pyridine rings is 1. The minimum Gasteiger partial charge on any atom is -0.478 e. The van der Waals surface area contributed by atoms with Crippen LogP contribution in [0.2, 0.25) is 0 Å². The van der Waals surface area contributed by atoms with Gasteiger partial charge in [-0.2, -0.15) is 0 Å². The number of hydrogen-bond acceptors (Lipinski definition) is 4. The predicted molar refractivity (Wildman–Crippen MR) is 73.4 cm³/mol. The van der Waals surface area contributed by atoms with Crippen molar-refractivity contribution in [1.29, 1.82) is 0 Å². The first-order chi connectivity index (χ1) is 9.11. The van der Waals surface area contributed by atoms with Gasteiger partial charge in [-0.25, -0.2) is 14.6 Å². The van der Waals surface area contributed by atoms with Gasteiger partial charge in [-0.05, 0) is 18.6 Å². The molecule has 0 atom stereocenters. The van der Waals surface area contributed by atoms with E-state index in [1.807, 2.05) is 0 Å². The van der Waals surface area contributed by atoms with Crippen molar-refractivity contribution in [2.24, 2.45) is 0 Å². The Morgan fingerprint density at radius 2 is 1.90 bits per heavy atom. The van der Waals surface area contributed by atoms with E-state index in [-0.39, 0.29) is 11.4 Å². The topological polar surface area (TPSA) is 108 Å². The molecule has 10 heteroatoms. The molecule has 0 aromatic carbocycles. The number of amides is 3. The molecule has 0 bridgehead atoms. The van der Waals surface area contributed by atoms with Gasteiger partial charge in [0.15, 0.2) is 0 Å². The van der Waals surface area contributed by atoms with Gasteiger partial charge in [-0.15, -0.1) is 0 Å². The van der Waals surface area contributed by atoms with Gasteiger partial charge in [0, 0.05) is 6.20 Å². The van der Waals surface area contributed by atoms with E-state index >= 15 is 0 Å². The quantitative estimate of drug-likeness (QED) is 0.714. The van der Waals surface area contributed by atoms with E-state index in [0.29, 0.717) is 5.56 Å². The lowest BCUT2D eigenvalue weighted by molar-refractivity contribution is -0.119. The van der Waals surface area contributed by atoms with Gasteiger partial charge in [0.2, 0.25) is 0 Å². The number of rotatable bonds is 2. The van der Waals surface area contributed by atoms with Crippen LogP contribution in [0.5, 0.6) is 0 Å². The average molecular weight is 341 g/mol. The number of nitrogens with zero attached hydrogens (tertiary/aromatic N) is 1. The van der Waals surface area contributed by atoms with Gasteiger partial charge in [0.1, 0.15) is 11.4 Å². The van der Waals surface area contributed by atoms with Gasteiger partial charge >= 0.3 is 12.0 Å². The summed E-state index contributed by atoms with van der Waals surface area (Å²) < 4.78 is -2.31. The van der Waals surface area contributed by atoms with Crippen LogP contribution in [-0.2, 0) is 4.79 Å². The van der Waals surface area contributed by atoms with Crippen molar-refractivity contribution in [3.63, 3.8) is 0 Å². The van der Waals surface area contributed by atoms with Gasteiger partial charge in [-0.1, -0.05) is 34.8 Å². The van der Waals surface area contributed by atoms with Gasteiger partial charge in [0.25, 0.3) is 9.70 Å². The number of aromatic carboxylic acids is 1. The normalized spacial score (nSPS) is 10.8. The molecular weight excluding hydrogens is 332 g/mol. The van der Waals surface area contributed by atoms with Crippen LogP contribution in [0.15, 0.2) is 12.3 Å². The number of carboxylic acid groups (broad SMARTS) is 1. The van der Waals surface area contributed by atoms with Crippen LogP contribution in [0.25, 0.3) is 0 Å². The number of carboxylic acids is 1. The summed E-state index contributed by atoms with van der Waals surface area (Å²) in [5.74, 6) is -2.70. The number of aryl methyl sites for hydroxylation is 1. The van der Waals surface area contributed by atoms with Crippen LogP contribution >= 0.6 is 34.8 Å². The lowest BCUT2D eigenvalue weighted by Crippen LogP contribution is -2.41. The van der Waals surface area contributed by atoms with Crippen LogP contribution in [0.4, 0.5) is 10.6 Å². The molecule has 0 saturated carbocycles. The van der Waals surface area contributed by atoms with Crippen LogP contribution in [0, 0.1) is 6.92 Å². The zero-order valence-corrected chi connectivity index (χ0v) is 12.2. The largest absolute Gasteiger partial charge is 0.478 e. The highest BCUT2D eigenvalue weighted by Crippen LogP contribution is 2.25. The second-order valence-corrected chi connectivity index (χ2v) is 5.90. The number of halogens is 3. The number of urea groups is 1. The van der Waals surface area contributed by atoms with Gasteiger partial charge in [0.05, 0.1) is 0 Å². The maximum Gasteiger partial charge on any atom is 0.339 e. The lowest BCUT2D eigenvalue weighted by atomic mass is 10.2. The molecule has 20 heavy (non-hydrogen) atoms. The molecule has 0 spiro atoms. The Hall–Kier alpha value is -1.57. The number of carbonyl (C=O) groups excluding carboxylic acids is 2. The second kappa shape index (κ2) is 6.25. The summed E-state index contributed by atoms with van der Waals surface area (Å²) >= 11 is 15.8. The molecule has 1 aromatic rings. The number of anilines is 1. The van der Waals surface area contributed by atoms with E-state index in [2.05, 4.69) is 10.3 Å². The molecule has 3 amide bonds. The second-order valence-electron chi connectivity index (χ2n) is 3.62. The van der Waals surface area contributed by atoms with Crippen molar-refractivity contribution in [3.05, 3.63) is 23.4 Å². The van der Waals surface area contributed by atoms with Gasteiger partial charge in [-0.3, -0.25) is 15.4 Å². The van der Waals surface area contributed by atoms with E-state index in [9.17, 15) is 14.4 Å². The monoisotopic (exact) mass is 339 g/mol. The summed E-state index contributed by atoms with van der Waals surface area (Å²) in [5.41, 5.74) is 0.354. The molecule has 0 saturated heterocycles. The first-order valence-corrected chi connectivity index (χ1v) is 6.13. The fourth-order valence-electron chi connectivity index (χ4n) is 1.14. The molecule has 7 nitrogen and oxygen atoms in total. The van der Waals surface area contributed by atoms with Crippen LogP contribution in [0.1, 0.15) is 15.9 Å². The Labute approximate surface area is 128 Å². The van der Waals surface area contributed by atoms with Gasteiger partial charge < -0.3 is 5.11 Å². The molecule has 0 aliphatic heterocycles. The standard InChI is InChI=1S/C10H8Cl3N3O4/c1-4-2-5(7(17)18)6(14-3-4)15-9(20)16-8(19)10(11,12)13/h2-3H,1H3,(H,17,18)(H2,14,15,16,19,20). The summed E-state index contributed by atoms with van der Waals surface area (Å²) in [6.07, 6.45) is 1.35. The van der Waals surface area contributed by atoms with Crippen LogP contribution in [0.3, 0.4) is 0 Å². The zero-order valence-electron chi connectivity index (χ0n) is 9.91. The highest BCUT2D eigenvalue weighted by atomic mass is 35.6. The van der Waals surface area contributed by atoms with Crippen molar-refractivity contribution < 1.29 is 19.5 Å². The highest BCUT2D eigenvalue weighted by Gasteiger charge is 2.32. The molecular formula is C10H8Cl3N3O4. The number of hydrogen-bond donors (Lipinski definition) is 3. The highest BCUT2D eigenvalue weighted by molar-refractivity contribution is 6.76. The Kier molecular flexibility index (Phi) is 5.15. The van der Waals surface area contributed by atoms with E-state index in [0.717, 1.165) is 0 Å². The first-order valence-electron chi connectivity index (χ1n) is 5.00. The Morgan fingerprint density at radius 1 is 1.30 bits per heavy atom. The molecule has 0 unspecified atom stereocenters. The summed E-state index contributed by atoms with van der Waals surface area (Å²) in [4.78, 5) is 37.5. The number of aromatic nitrogens is 1. The Bertz CT molecular complexity index is 571. The minimum absolute atomic E-state index is 0.235. The van der Waals surface area contributed by atoms with Crippen molar-refractivity contribution in [3.8, 4) is 0 Å². The zero-order chi connectivity index (χ0) is 15.5. The third-order valence-electron chi connectivity index (χ3n) is 1.97. The molecule has 1 heterocycles. The number of imide groups is 1. The van der Waals surface area contributed by atoms with E-state index in [1.165, 1.54) is 12.3 Å². The number of alkyl halides is 3. The molecule has 0 fully saturated rings. The molecule has 0 radical (unpaired) electrons. The van der Waals surface area contributed by atoms with Crippen molar-refractivity contribution in [2.75, 3.05) is 5.32 Å². The fourth-order valence-corrected chi connectivity index (χ4v) is 1.29. The number of nitrogens with one attached hydrogen (secondary N) is 2. The molecule has 108 valence electrons. The van der Waals surface area contributed by atoms with Crippen LogP contribution in [-0.4, -0.2) is 31.8 Å². The third-order valence-corrected chi connectivity index (χ3v) is 2.49. The molecule has 3 N–H and O–H groups in total. The fraction of sp³-hybridized carbons (Fsp3) is 0.200. The smallest absolute Gasteiger partial charge is 0.339 e. The summed E-state index contributed by atoms with van der Waals surface area (Å²) in [5, 5.41) is 12.8. The average Bonchev–Trinajstić information content (AvgIpc) is 2.29. The van der Waals surface area contributed by atoms with Crippen molar-refractivity contribution >= 4 is 58.5 Å². The minimum atomic E-state index is -2.31. The van der Waals surface area contributed by atoms with E-state index < -0.39 is 21.7 Å². The van der Waals surface area contributed by atoms with Crippen molar-refractivity contribution in [1.82, 2.24) is 10.3 Å². The lowest BCUT2D eigenvalue weighted by Gasteiger charge is -2.12. The molecule has 1 rings (SSSR count). The maximum absolute atomic E-state index is 11.5. The molecule has 0 aliphatic carbocycles. The predicted octanol–water partition coefficient (Wildman–Crippen LogP) is 2.11. The first kappa shape index (κ1) is 16.5. The SMILES string of the molecule is Cc1cnc(NC(=O)NC(=O)C(Cl)(Cl)Cl)c(C(=O)O)c1. The van der Waals surface area contributed by atoms with Crippen LogP contribution < -0.4 is 10.6 Å². The Balaban J connectivity index is 2.87. The Morgan fingerprint density at radius 3 is 2.40 bits per heavy atom. The molecule has 1 aromatic heterocycles. The maximum atomic E-state index is 11.5. The number of carbonyl (C=O) groups is 3. The summed E-state index contributed by atoms with van der Waals surface area (Å²) in [7, 11) is 0. The van der Waals surface area contributed by atoms with Crippen molar-refractivity contribution in [2.45, 2.75) is 10.7 Å². The summed E-state index contributed by atoms with van der Waals surface area (Å²) in [6, 6.07) is 0.238. The molecule has 0 aliphatic rings. The van der Waals surface area contributed by atoms with E-state index in [1.54, 1.807) is 12.2 Å². The summed E-state index contributed by atoms with van der Waals surface area (Å²) in [6.45, 7) is 1.63. The third kappa shape index (κ3) is 4.52. The van der Waals surface area contributed by atoms with E-state index in [4.69, 9.17) is 39.9 Å².